The summed E-state index contributed by atoms with van der Waals surface area (Å²) in [5.74, 6) is 0. The summed E-state index contributed by atoms with van der Waals surface area (Å²) in [7, 11) is -3.64. The molecule has 2 aromatic rings. The predicted molar refractivity (Wildman–Crippen MR) is 76.7 cm³/mol. The minimum absolute atomic E-state index is 0.119. The van der Waals surface area contributed by atoms with Crippen molar-refractivity contribution in [2.45, 2.75) is 23.8 Å². The smallest absolute Gasteiger partial charge is 0.238 e. The van der Waals surface area contributed by atoms with Crippen molar-refractivity contribution >= 4 is 15.7 Å². The molecule has 1 heterocycles. The molecule has 0 spiro atoms. The molecule has 0 fully saturated rings. The topological polar surface area (TPSA) is 85.1 Å². The van der Waals surface area contributed by atoms with Gasteiger partial charge in [-0.1, -0.05) is 6.07 Å². The van der Waals surface area contributed by atoms with Crippen LogP contribution in [-0.4, -0.2) is 13.4 Å². The quantitative estimate of drug-likeness (QED) is 0.902. The molecule has 1 aliphatic rings. The monoisotopic (exact) mass is 289 g/mol. The maximum absolute atomic E-state index is 11.2. The van der Waals surface area contributed by atoms with Gasteiger partial charge in [0.1, 0.15) is 0 Å². The number of hydrogen-bond acceptors (Lipinski definition) is 4. The minimum Gasteiger partial charge on any atom is -0.377 e. The van der Waals surface area contributed by atoms with E-state index < -0.39 is 10.0 Å². The molecule has 104 valence electrons. The molecule has 20 heavy (non-hydrogen) atoms. The fraction of sp³-hybridized carbons (Fsp3) is 0.214. The van der Waals surface area contributed by atoms with Crippen LogP contribution in [0.2, 0.25) is 0 Å². The third kappa shape index (κ3) is 2.52. The molecule has 0 radical (unpaired) electrons. The molecule has 0 saturated heterocycles. The van der Waals surface area contributed by atoms with Gasteiger partial charge in [0.05, 0.1) is 16.6 Å². The Morgan fingerprint density at radius 1 is 1.20 bits per heavy atom. The van der Waals surface area contributed by atoms with Crippen LogP contribution in [0.25, 0.3) is 0 Å². The summed E-state index contributed by atoms with van der Waals surface area (Å²) in [6, 6.07) is 10.7. The number of aryl methyl sites for hydroxylation is 1. The van der Waals surface area contributed by atoms with E-state index in [0.717, 1.165) is 24.2 Å². The Labute approximate surface area is 117 Å². The first-order chi connectivity index (χ1) is 9.54. The Kier molecular flexibility index (Phi) is 3.19. The number of benzene rings is 1. The average molecular weight is 289 g/mol. The average Bonchev–Trinajstić information content (AvgIpc) is 2.82. The largest absolute Gasteiger partial charge is 0.377 e. The summed E-state index contributed by atoms with van der Waals surface area (Å²) in [6.45, 7) is 0. The molecule has 0 saturated carbocycles. The Morgan fingerprint density at radius 3 is 2.65 bits per heavy atom. The number of sulfonamides is 1. The molecule has 1 atom stereocenters. The van der Waals surface area contributed by atoms with Crippen molar-refractivity contribution in [2.24, 2.45) is 5.14 Å². The lowest BCUT2D eigenvalue weighted by molar-refractivity contribution is 0.598. The summed E-state index contributed by atoms with van der Waals surface area (Å²) in [4.78, 5) is 4.53. The molecule has 6 heteroatoms. The maximum atomic E-state index is 11.2. The van der Waals surface area contributed by atoms with Gasteiger partial charge < -0.3 is 5.32 Å². The number of rotatable bonds is 3. The summed E-state index contributed by atoms with van der Waals surface area (Å²) < 4.78 is 22.4. The lowest BCUT2D eigenvalue weighted by Crippen LogP contribution is -2.12. The van der Waals surface area contributed by atoms with Gasteiger partial charge in [0.2, 0.25) is 10.0 Å². The van der Waals surface area contributed by atoms with Crippen molar-refractivity contribution in [1.82, 2.24) is 4.98 Å². The number of nitrogens with zero attached hydrogens (tertiary/aromatic N) is 1. The SMILES string of the molecule is NS(=O)(=O)c1ccc(NC2CCc3cccnc32)cc1. The molecule has 1 aromatic heterocycles. The lowest BCUT2D eigenvalue weighted by atomic mass is 10.2. The van der Waals surface area contributed by atoms with Crippen molar-refractivity contribution in [2.75, 3.05) is 5.32 Å². The van der Waals surface area contributed by atoms with E-state index in [1.165, 1.54) is 17.7 Å². The minimum atomic E-state index is -3.64. The van der Waals surface area contributed by atoms with Crippen LogP contribution < -0.4 is 10.5 Å². The van der Waals surface area contributed by atoms with E-state index in [1.807, 2.05) is 6.07 Å². The molecular weight excluding hydrogens is 274 g/mol. The highest BCUT2D eigenvalue weighted by Gasteiger charge is 2.23. The number of anilines is 1. The molecule has 1 unspecified atom stereocenters. The van der Waals surface area contributed by atoms with Crippen molar-refractivity contribution in [1.29, 1.82) is 0 Å². The van der Waals surface area contributed by atoms with Crippen molar-refractivity contribution in [3.8, 4) is 0 Å². The first kappa shape index (κ1) is 13.1. The predicted octanol–water partition coefficient (Wildman–Crippen LogP) is 1.83. The Bertz CT molecular complexity index is 726. The fourth-order valence-electron chi connectivity index (χ4n) is 2.50. The van der Waals surface area contributed by atoms with Crippen LogP contribution in [0, 0.1) is 0 Å². The van der Waals surface area contributed by atoms with E-state index in [2.05, 4.69) is 16.4 Å². The van der Waals surface area contributed by atoms with Gasteiger partial charge in [-0.3, -0.25) is 4.98 Å². The normalized spacial score (nSPS) is 17.8. The zero-order valence-electron chi connectivity index (χ0n) is 10.8. The Balaban J connectivity index is 1.80. The van der Waals surface area contributed by atoms with Crippen LogP contribution in [0.5, 0.6) is 0 Å². The molecule has 3 N–H and O–H groups in total. The molecule has 0 aliphatic heterocycles. The highest BCUT2D eigenvalue weighted by atomic mass is 32.2. The van der Waals surface area contributed by atoms with Crippen molar-refractivity contribution in [3.05, 3.63) is 53.9 Å². The molecule has 1 aromatic carbocycles. The van der Waals surface area contributed by atoms with Gasteiger partial charge in [0, 0.05) is 11.9 Å². The summed E-state index contributed by atoms with van der Waals surface area (Å²) in [5.41, 5.74) is 3.20. The second-order valence-corrected chi connectivity index (χ2v) is 6.41. The lowest BCUT2D eigenvalue weighted by Gasteiger charge is -2.14. The molecule has 3 rings (SSSR count). The third-order valence-corrected chi connectivity index (χ3v) is 4.41. The van der Waals surface area contributed by atoms with Gasteiger partial charge in [0.15, 0.2) is 0 Å². The summed E-state index contributed by atoms with van der Waals surface area (Å²) >= 11 is 0. The van der Waals surface area contributed by atoms with E-state index in [-0.39, 0.29) is 10.9 Å². The van der Waals surface area contributed by atoms with Gasteiger partial charge in [-0.25, -0.2) is 13.6 Å². The summed E-state index contributed by atoms with van der Waals surface area (Å²) in [5, 5.41) is 8.45. The van der Waals surface area contributed by atoms with Gasteiger partial charge in [-0.05, 0) is 48.7 Å². The number of primary sulfonamides is 1. The maximum Gasteiger partial charge on any atom is 0.238 e. The second-order valence-electron chi connectivity index (χ2n) is 4.85. The van der Waals surface area contributed by atoms with E-state index in [1.54, 1.807) is 18.3 Å². The standard InChI is InChI=1S/C14H15N3O2S/c15-20(18,19)12-6-4-11(5-7-12)17-13-8-3-10-2-1-9-16-14(10)13/h1-2,4-7,9,13,17H,3,8H2,(H2,15,18,19). The number of nitrogens with one attached hydrogen (secondary N) is 1. The first-order valence-corrected chi connectivity index (χ1v) is 7.92. The van der Waals surface area contributed by atoms with Gasteiger partial charge in [-0.15, -0.1) is 0 Å². The van der Waals surface area contributed by atoms with Crippen LogP contribution in [0.1, 0.15) is 23.7 Å². The zero-order valence-corrected chi connectivity index (χ0v) is 11.6. The van der Waals surface area contributed by atoms with E-state index in [4.69, 9.17) is 5.14 Å². The van der Waals surface area contributed by atoms with Crippen LogP contribution >= 0.6 is 0 Å². The molecule has 0 bridgehead atoms. The third-order valence-electron chi connectivity index (χ3n) is 3.48. The van der Waals surface area contributed by atoms with Crippen molar-refractivity contribution in [3.63, 3.8) is 0 Å². The van der Waals surface area contributed by atoms with Crippen molar-refractivity contribution < 1.29 is 8.42 Å². The van der Waals surface area contributed by atoms with E-state index >= 15 is 0 Å². The Hall–Kier alpha value is -1.92. The summed E-state index contributed by atoms with van der Waals surface area (Å²) in [6.07, 6.45) is 3.79. The van der Waals surface area contributed by atoms with E-state index in [9.17, 15) is 8.42 Å². The molecule has 0 amide bonds. The van der Waals surface area contributed by atoms with Crippen LogP contribution in [0.4, 0.5) is 5.69 Å². The van der Waals surface area contributed by atoms with E-state index in [0.29, 0.717) is 0 Å². The van der Waals surface area contributed by atoms with Gasteiger partial charge in [0.25, 0.3) is 0 Å². The fourth-order valence-corrected chi connectivity index (χ4v) is 3.01. The van der Waals surface area contributed by atoms with Crippen LogP contribution in [0.15, 0.2) is 47.5 Å². The molecule has 1 aliphatic carbocycles. The molecular formula is C14H15N3O2S. The zero-order chi connectivity index (χ0) is 14.2. The highest BCUT2D eigenvalue weighted by Crippen LogP contribution is 2.32. The number of pyridine rings is 1. The van der Waals surface area contributed by atoms with Crippen LogP contribution in [0.3, 0.4) is 0 Å². The van der Waals surface area contributed by atoms with Gasteiger partial charge in [-0.2, -0.15) is 0 Å². The number of hydrogen-bond donors (Lipinski definition) is 2. The number of fused-ring (bicyclic) bond motifs is 1. The van der Waals surface area contributed by atoms with Gasteiger partial charge >= 0.3 is 0 Å². The number of aromatic nitrogens is 1. The second kappa shape index (κ2) is 4.88. The number of nitrogens with two attached hydrogens (primary N) is 1. The molecule has 5 nitrogen and oxygen atoms in total. The van der Waals surface area contributed by atoms with Crippen LogP contribution in [-0.2, 0) is 16.4 Å². The highest BCUT2D eigenvalue weighted by molar-refractivity contribution is 7.89. The first-order valence-electron chi connectivity index (χ1n) is 6.37. The Morgan fingerprint density at radius 2 is 1.95 bits per heavy atom.